The summed E-state index contributed by atoms with van der Waals surface area (Å²) in [5, 5.41) is 1.88. The second-order valence-electron chi connectivity index (χ2n) is 6.68. The number of thiophene rings is 1. The number of anilines is 2. The highest BCUT2D eigenvalue weighted by Crippen LogP contribution is 2.33. The first-order valence-corrected chi connectivity index (χ1v) is 11.6. The van der Waals surface area contributed by atoms with Crippen LogP contribution in [0.1, 0.15) is 20.8 Å². The van der Waals surface area contributed by atoms with Crippen LogP contribution in [0.5, 0.6) is 0 Å². The molecule has 1 aliphatic heterocycles. The van der Waals surface area contributed by atoms with Gasteiger partial charge < -0.3 is 4.90 Å². The zero-order valence-corrected chi connectivity index (χ0v) is 16.8. The number of benzene rings is 2. The van der Waals surface area contributed by atoms with Gasteiger partial charge in [-0.05, 0) is 47.5 Å². The summed E-state index contributed by atoms with van der Waals surface area (Å²) < 4.78 is 27.6. The molecule has 28 heavy (non-hydrogen) atoms. The van der Waals surface area contributed by atoms with Gasteiger partial charge in [0.2, 0.25) is 10.0 Å². The molecule has 5 nitrogen and oxygen atoms in total. The second-order valence-corrected chi connectivity index (χ2v) is 9.47. The molecule has 0 unspecified atom stereocenters. The number of aryl methyl sites for hydroxylation is 1. The van der Waals surface area contributed by atoms with Gasteiger partial charge in [-0.1, -0.05) is 42.5 Å². The van der Waals surface area contributed by atoms with Crippen molar-refractivity contribution in [3.63, 3.8) is 0 Å². The molecule has 0 saturated heterocycles. The monoisotopic (exact) mass is 412 g/mol. The average molecular weight is 413 g/mol. The summed E-state index contributed by atoms with van der Waals surface area (Å²) in [6.45, 7) is 0.607. The molecule has 0 radical (unpaired) electrons. The van der Waals surface area contributed by atoms with E-state index in [9.17, 15) is 13.2 Å². The summed E-state index contributed by atoms with van der Waals surface area (Å²) >= 11 is 1.41. The summed E-state index contributed by atoms with van der Waals surface area (Å²) in [5.41, 5.74) is 3.30. The zero-order valence-electron chi connectivity index (χ0n) is 15.2. The number of fused-ring (bicyclic) bond motifs is 1. The number of hydrogen-bond donors (Lipinski definition) is 1. The van der Waals surface area contributed by atoms with Crippen LogP contribution in [0.3, 0.4) is 0 Å². The predicted molar refractivity (Wildman–Crippen MR) is 114 cm³/mol. The SMILES string of the molecule is O=C(c1cccs1)N1CCc2ccc(NS(=O)(=O)CCc3ccccc3)cc21. The summed E-state index contributed by atoms with van der Waals surface area (Å²) in [6, 6.07) is 18.6. The van der Waals surface area contributed by atoms with Crippen LogP contribution in [0.2, 0.25) is 0 Å². The van der Waals surface area contributed by atoms with Gasteiger partial charge in [0, 0.05) is 12.2 Å². The van der Waals surface area contributed by atoms with Gasteiger partial charge in [0.25, 0.3) is 5.91 Å². The van der Waals surface area contributed by atoms with E-state index in [2.05, 4.69) is 4.72 Å². The fourth-order valence-electron chi connectivity index (χ4n) is 3.31. The summed E-state index contributed by atoms with van der Waals surface area (Å²) in [6.07, 6.45) is 1.22. The Morgan fingerprint density at radius 1 is 1.07 bits per heavy atom. The predicted octanol–water partition coefficient (Wildman–Crippen LogP) is 3.94. The number of nitrogens with zero attached hydrogens (tertiary/aromatic N) is 1. The van der Waals surface area contributed by atoms with E-state index in [-0.39, 0.29) is 11.7 Å². The molecule has 0 bridgehead atoms. The van der Waals surface area contributed by atoms with Gasteiger partial charge in [-0.2, -0.15) is 0 Å². The Morgan fingerprint density at radius 3 is 2.64 bits per heavy atom. The van der Waals surface area contributed by atoms with Crippen molar-refractivity contribution in [3.8, 4) is 0 Å². The molecule has 2 aromatic carbocycles. The molecular weight excluding hydrogens is 392 g/mol. The van der Waals surface area contributed by atoms with Crippen LogP contribution in [0.25, 0.3) is 0 Å². The smallest absolute Gasteiger partial charge is 0.268 e. The topological polar surface area (TPSA) is 66.5 Å². The maximum atomic E-state index is 12.7. The van der Waals surface area contributed by atoms with Gasteiger partial charge in [-0.3, -0.25) is 9.52 Å². The third-order valence-electron chi connectivity index (χ3n) is 4.73. The van der Waals surface area contributed by atoms with Gasteiger partial charge in [0.1, 0.15) is 0 Å². The van der Waals surface area contributed by atoms with Gasteiger partial charge in [0.15, 0.2) is 0 Å². The number of sulfonamides is 1. The number of carbonyl (C=O) groups excluding carboxylic acids is 1. The largest absolute Gasteiger partial charge is 0.307 e. The number of carbonyl (C=O) groups is 1. The Hall–Kier alpha value is -2.64. The molecule has 1 N–H and O–H groups in total. The molecule has 0 aliphatic carbocycles. The number of hydrogen-bond acceptors (Lipinski definition) is 4. The quantitative estimate of drug-likeness (QED) is 0.667. The minimum atomic E-state index is -3.48. The molecule has 144 valence electrons. The molecule has 1 aliphatic rings. The Bertz CT molecular complexity index is 1080. The standard InChI is InChI=1S/C21H20N2O3S2/c24-21(20-7-4-13-27-20)23-12-10-17-8-9-18(15-19(17)23)22-28(25,26)14-11-16-5-2-1-3-6-16/h1-9,13,15,22H,10-12,14H2. The number of nitrogens with one attached hydrogen (secondary N) is 1. The summed E-state index contributed by atoms with van der Waals surface area (Å²) in [5.74, 6) is -0.0378. The van der Waals surface area contributed by atoms with E-state index in [0.29, 0.717) is 23.5 Å². The molecule has 3 aromatic rings. The Morgan fingerprint density at radius 2 is 1.89 bits per heavy atom. The van der Waals surface area contributed by atoms with Crippen LogP contribution in [0.15, 0.2) is 66.0 Å². The molecule has 7 heteroatoms. The van der Waals surface area contributed by atoms with E-state index < -0.39 is 10.0 Å². The third-order valence-corrected chi connectivity index (χ3v) is 6.88. The van der Waals surface area contributed by atoms with Crippen LogP contribution in [0.4, 0.5) is 11.4 Å². The summed E-state index contributed by atoms with van der Waals surface area (Å²) in [7, 11) is -3.48. The van der Waals surface area contributed by atoms with Gasteiger partial charge in [-0.15, -0.1) is 11.3 Å². The molecular formula is C21H20N2O3S2. The van der Waals surface area contributed by atoms with E-state index in [4.69, 9.17) is 0 Å². The highest BCUT2D eigenvalue weighted by Gasteiger charge is 2.26. The van der Waals surface area contributed by atoms with Gasteiger partial charge >= 0.3 is 0 Å². The van der Waals surface area contributed by atoms with Crippen molar-refractivity contribution in [2.45, 2.75) is 12.8 Å². The second kappa shape index (κ2) is 7.77. The van der Waals surface area contributed by atoms with Crippen LogP contribution < -0.4 is 9.62 Å². The van der Waals surface area contributed by atoms with Crippen molar-refractivity contribution in [3.05, 3.63) is 82.0 Å². The molecule has 0 atom stereocenters. The minimum Gasteiger partial charge on any atom is -0.307 e. The highest BCUT2D eigenvalue weighted by atomic mass is 32.2. The first-order chi connectivity index (χ1) is 13.5. The van der Waals surface area contributed by atoms with E-state index in [1.807, 2.05) is 47.8 Å². The van der Waals surface area contributed by atoms with Crippen LogP contribution in [-0.4, -0.2) is 26.6 Å². The fourth-order valence-corrected chi connectivity index (χ4v) is 5.08. The van der Waals surface area contributed by atoms with Crippen molar-refractivity contribution in [1.29, 1.82) is 0 Å². The normalized spacial score (nSPS) is 13.4. The average Bonchev–Trinajstić information content (AvgIpc) is 3.36. The first kappa shape index (κ1) is 18.7. The Kier molecular flexibility index (Phi) is 5.19. The lowest BCUT2D eigenvalue weighted by Crippen LogP contribution is -2.28. The Balaban J connectivity index is 1.49. The van der Waals surface area contributed by atoms with Crippen LogP contribution in [-0.2, 0) is 22.9 Å². The van der Waals surface area contributed by atoms with Crippen molar-refractivity contribution < 1.29 is 13.2 Å². The fraction of sp³-hybridized carbons (Fsp3) is 0.190. The van der Waals surface area contributed by atoms with E-state index in [0.717, 1.165) is 23.2 Å². The lowest BCUT2D eigenvalue weighted by atomic mass is 10.1. The number of amides is 1. The third kappa shape index (κ3) is 4.10. The maximum absolute atomic E-state index is 12.7. The van der Waals surface area contributed by atoms with Crippen molar-refractivity contribution in [2.75, 3.05) is 21.9 Å². The maximum Gasteiger partial charge on any atom is 0.268 e. The highest BCUT2D eigenvalue weighted by molar-refractivity contribution is 7.92. The van der Waals surface area contributed by atoms with Crippen molar-refractivity contribution in [2.24, 2.45) is 0 Å². The van der Waals surface area contributed by atoms with Crippen molar-refractivity contribution >= 4 is 38.6 Å². The Labute approximate surface area is 168 Å². The number of rotatable bonds is 6. The van der Waals surface area contributed by atoms with E-state index in [1.165, 1.54) is 11.3 Å². The zero-order chi connectivity index (χ0) is 19.6. The summed E-state index contributed by atoms with van der Waals surface area (Å²) in [4.78, 5) is 15.1. The lowest BCUT2D eigenvalue weighted by Gasteiger charge is -2.17. The molecule has 1 amide bonds. The molecule has 2 heterocycles. The van der Waals surface area contributed by atoms with E-state index >= 15 is 0 Å². The van der Waals surface area contributed by atoms with Gasteiger partial charge in [-0.25, -0.2) is 8.42 Å². The van der Waals surface area contributed by atoms with E-state index in [1.54, 1.807) is 23.1 Å². The van der Waals surface area contributed by atoms with Crippen LogP contribution in [0, 0.1) is 0 Å². The lowest BCUT2D eigenvalue weighted by molar-refractivity contribution is 0.0993. The minimum absolute atomic E-state index is 0.00589. The molecule has 0 saturated carbocycles. The molecule has 0 spiro atoms. The van der Waals surface area contributed by atoms with Crippen molar-refractivity contribution in [1.82, 2.24) is 0 Å². The first-order valence-electron chi connectivity index (χ1n) is 9.04. The molecule has 0 fully saturated rings. The van der Waals surface area contributed by atoms with Crippen LogP contribution >= 0.6 is 11.3 Å². The molecule has 4 rings (SSSR count). The van der Waals surface area contributed by atoms with Gasteiger partial charge in [0.05, 0.1) is 16.3 Å². The molecule has 1 aromatic heterocycles.